The van der Waals surface area contributed by atoms with Gasteiger partial charge >= 0.3 is 19.8 Å². The molecule has 0 aromatic heterocycles. The third-order valence-electron chi connectivity index (χ3n) is 14.8. The molecule has 0 spiro atoms. The number of allylic oxidation sites excluding steroid dienone is 10. The zero-order valence-electron chi connectivity index (χ0n) is 52.6. The van der Waals surface area contributed by atoms with Crippen LogP contribution in [0.25, 0.3) is 0 Å². The lowest BCUT2D eigenvalue weighted by atomic mass is 10.0. The fourth-order valence-electron chi connectivity index (χ4n) is 9.65. The lowest BCUT2D eigenvalue weighted by Crippen LogP contribution is -2.37. The van der Waals surface area contributed by atoms with Crippen LogP contribution >= 0.6 is 7.82 Å². The topological polar surface area (TPSA) is 108 Å². The highest BCUT2D eigenvalue weighted by Gasteiger charge is 2.27. The van der Waals surface area contributed by atoms with Crippen LogP contribution in [0.1, 0.15) is 316 Å². The maximum atomic E-state index is 12.8. The Kier molecular flexibility index (Phi) is 58.6. The normalized spacial score (nSPS) is 13.5. The first-order valence-electron chi connectivity index (χ1n) is 33.5. The number of esters is 2. The largest absolute Gasteiger partial charge is 0.472 e. The monoisotopic (exact) mass is 1130 g/mol. The predicted octanol–water partition coefficient (Wildman–Crippen LogP) is 21.4. The number of carbonyl (C=O) groups excluding carboxylic acids is 2. The molecule has 79 heavy (non-hydrogen) atoms. The van der Waals surface area contributed by atoms with Crippen molar-refractivity contribution in [2.24, 2.45) is 0 Å². The summed E-state index contributed by atoms with van der Waals surface area (Å²) in [6.45, 7) is 4.34. The van der Waals surface area contributed by atoms with Crippen LogP contribution in [0.4, 0.5) is 0 Å². The number of quaternary nitrogens is 1. The molecule has 0 aromatic carbocycles. The molecule has 0 heterocycles. The van der Waals surface area contributed by atoms with Gasteiger partial charge in [-0.3, -0.25) is 18.6 Å². The van der Waals surface area contributed by atoms with E-state index in [1.807, 2.05) is 21.1 Å². The maximum absolute atomic E-state index is 12.8. The van der Waals surface area contributed by atoms with Crippen LogP contribution in [-0.4, -0.2) is 74.9 Å². The summed E-state index contributed by atoms with van der Waals surface area (Å²) in [6, 6.07) is 0. The van der Waals surface area contributed by atoms with E-state index in [0.29, 0.717) is 17.4 Å². The average molecular weight is 1130 g/mol. The van der Waals surface area contributed by atoms with Crippen molar-refractivity contribution in [1.82, 2.24) is 0 Å². The average Bonchev–Trinajstić information content (AvgIpc) is 3.41. The molecule has 0 aromatic rings. The van der Waals surface area contributed by atoms with E-state index in [1.54, 1.807) is 0 Å². The molecule has 0 saturated carbocycles. The second-order valence-electron chi connectivity index (χ2n) is 23.8. The summed E-state index contributed by atoms with van der Waals surface area (Å²) in [7, 11) is 1.49. The number of unbranched alkanes of at least 4 members (excludes halogenated alkanes) is 38. The molecule has 0 radical (unpaired) electrons. The molecule has 2 atom stereocenters. The van der Waals surface area contributed by atoms with Gasteiger partial charge in [0.25, 0.3) is 0 Å². The molecule has 0 aliphatic carbocycles. The van der Waals surface area contributed by atoms with Crippen molar-refractivity contribution >= 4 is 19.8 Å². The van der Waals surface area contributed by atoms with Crippen molar-refractivity contribution in [2.45, 2.75) is 322 Å². The first-order chi connectivity index (χ1) is 38.5. The summed E-state index contributed by atoms with van der Waals surface area (Å²) in [5.41, 5.74) is 0. The Balaban J connectivity index is 3.85. The summed E-state index contributed by atoms with van der Waals surface area (Å²) < 4.78 is 34.6. The van der Waals surface area contributed by atoms with Crippen LogP contribution in [0, 0.1) is 0 Å². The molecule has 0 fully saturated rings. The molecule has 0 bridgehead atoms. The van der Waals surface area contributed by atoms with Crippen LogP contribution < -0.4 is 0 Å². The van der Waals surface area contributed by atoms with Gasteiger partial charge in [-0.2, -0.15) is 0 Å². The van der Waals surface area contributed by atoms with E-state index in [1.165, 1.54) is 205 Å². The van der Waals surface area contributed by atoms with Crippen LogP contribution in [0.3, 0.4) is 0 Å². The molecule has 9 nitrogen and oxygen atoms in total. The van der Waals surface area contributed by atoms with Gasteiger partial charge in [-0.05, 0) is 77.0 Å². The van der Waals surface area contributed by atoms with Gasteiger partial charge in [-0.25, -0.2) is 4.57 Å². The van der Waals surface area contributed by atoms with E-state index >= 15 is 0 Å². The van der Waals surface area contributed by atoms with Crippen LogP contribution in [0.2, 0.25) is 0 Å². The Bertz CT molecular complexity index is 1520. The molecule has 0 amide bonds. The number of hydrogen-bond donors (Lipinski definition) is 1. The zero-order valence-corrected chi connectivity index (χ0v) is 53.5. The Morgan fingerprint density at radius 3 is 1.09 bits per heavy atom. The standard InChI is InChI=1S/C69H128NO8P/c1-6-8-10-12-14-16-18-20-22-23-24-25-26-27-28-29-30-31-32-33-34-35-36-37-38-39-40-41-42-43-44-45-46-47-48-50-52-54-56-58-60-62-69(72)78-67(66-77-79(73,74)76-64-63-70(3,4)5)65-75-68(71)61-59-57-55-53-51-49-21-19-17-15-13-11-9-7-2/h8,10,14,16,19-22,24-25,67H,6-7,9,11-13,15,17-18,23,26-66H2,1-5H3/p+1/b10-8-,16-14-,21-19-,22-20-,25-24-. The summed E-state index contributed by atoms with van der Waals surface area (Å²) in [6.07, 6.45) is 79.2. The number of likely N-dealkylation sites (N-methyl/N-ethyl adjacent to an activating group) is 1. The van der Waals surface area contributed by atoms with Crippen molar-refractivity contribution in [2.75, 3.05) is 47.5 Å². The highest BCUT2D eigenvalue weighted by atomic mass is 31.2. The lowest BCUT2D eigenvalue weighted by molar-refractivity contribution is -0.870. The smallest absolute Gasteiger partial charge is 0.462 e. The molecule has 0 aliphatic heterocycles. The quantitative estimate of drug-likeness (QED) is 0.0211. The number of hydrogen-bond acceptors (Lipinski definition) is 7. The Morgan fingerprint density at radius 2 is 0.722 bits per heavy atom. The fourth-order valence-corrected chi connectivity index (χ4v) is 10.4. The third kappa shape index (κ3) is 64.7. The fraction of sp³-hybridized carbons (Fsp3) is 0.826. The molecule has 2 unspecified atom stereocenters. The van der Waals surface area contributed by atoms with Crippen LogP contribution in [0.5, 0.6) is 0 Å². The van der Waals surface area contributed by atoms with Crippen LogP contribution in [-0.2, 0) is 32.7 Å². The van der Waals surface area contributed by atoms with Gasteiger partial charge in [0.15, 0.2) is 6.10 Å². The van der Waals surface area contributed by atoms with Crippen molar-refractivity contribution < 1.29 is 42.1 Å². The van der Waals surface area contributed by atoms with Gasteiger partial charge < -0.3 is 18.9 Å². The van der Waals surface area contributed by atoms with E-state index in [9.17, 15) is 19.0 Å². The minimum atomic E-state index is -4.39. The zero-order chi connectivity index (χ0) is 57.7. The number of ether oxygens (including phenoxy) is 2. The van der Waals surface area contributed by atoms with E-state index in [-0.39, 0.29) is 32.0 Å². The number of phosphoric ester groups is 1. The number of carbonyl (C=O) groups is 2. The van der Waals surface area contributed by atoms with Gasteiger partial charge in [-0.1, -0.05) is 286 Å². The van der Waals surface area contributed by atoms with E-state index in [2.05, 4.69) is 74.6 Å². The number of nitrogens with zero attached hydrogens (tertiary/aromatic N) is 1. The first-order valence-corrected chi connectivity index (χ1v) is 35.0. The molecule has 462 valence electrons. The molecule has 0 rings (SSSR count). The Labute approximate surface area is 489 Å². The van der Waals surface area contributed by atoms with Crippen molar-refractivity contribution in [3.63, 3.8) is 0 Å². The SMILES string of the molecule is CC/C=C\C/C=C\C/C=C\C/C=C\CCCCCCCCCCCCCCCCCCCCCCCCCCCCCCC(=O)OC(COC(=O)CCCCCCC/C=C\CCCCCCC)COP(=O)(O)OCC[N+](C)(C)C. The minimum absolute atomic E-state index is 0.0320. The molecule has 10 heteroatoms. The second kappa shape index (κ2) is 60.3. The highest BCUT2D eigenvalue weighted by molar-refractivity contribution is 7.47. The van der Waals surface area contributed by atoms with E-state index in [4.69, 9.17) is 18.5 Å². The summed E-state index contributed by atoms with van der Waals surface area (Å²) in [4.78, 5) is 35.7. The second-order valence-corrected chi connectivity index (χ2v) is 25.3. The van der Waals surface area contributed by atoms with Gasteiger partial charge in [0.2, 0.25) is 0 Å². The van der Waals surface area contributed by atoms with Gasteiger partial charge in [-0.15, -0.1) is 0 Å². The van der Waals surface area contributed by atoms with Crippen molar-refractivity contribution in [3.05, 3.63) is 60.8 Å². The van der Waals surface area contributed by atoms with Gasteiger partial charge in [0, 0.05) is 12.8 Å². The first kappa shape index (κ1) is 76.7. The van der Waals surface area contributed by atoms with Crippen molar-refractivity contribution in [1.29, 1.82) is 0 Å². The molecule has 0 aliphatic rings. The maximum Gasteiger partial charge on any atom is 0.472 e. The summed E-state index contributed by atoms with van der Waals surface area (Å²) >= 11 is 0. The van der Waals surface area contributed by atoms with Gasteiger partial charge in [0.05, 0.1) is 27.7 Å². The minimum Gasteiger partial charge on any atom is -0.462 e. The van der Waals surface area contributed by atoms with Crippen LogP contribution in [0.15, 0.2) is 60.8 Å². The summed E-state index contributed by atoms with van der Waals surface area (Å²) in [5.74, 6) is -0.794. The predicted molar refractivity (Wildman–Crippen MR) is 340 cm³/mol. The molecule has 0 saturated heterocycles. The third-order valence-corrected chi connectivity index (χ3v) is 15.8. The highest BCUT2D eigenvalue weighted by Crippen LogP contribution is 2.43. The molecular formula is C69H129NO8P+. The number of phosphoric acid groups is 1. The Hall–Kier alpha value is -2.29. The molecule has 1 N–H and O–H groups in total. The number of rotatable bonds is 62. The summed E-state index contributed by atoms with van der Waals surface area (Å²) in [5, 5.41) is 0. The van der Waals surface area contributed by atoms with E-state index in [0.717, 1.165) is 77.0 Å². The lowest BCUT2D eigenvalue weighted by Gasteiger charge is -2.24. The molecular weight excluding hydrogens is 1000 g/mol. The Morgan fingerprint density at radius 1 is 0.405 bits per heavy atom. The van der Waals surface area contributed by atoms with Crippen molar-refractivity contribution in [3.8, 4) is 0 Å². The van der Waals surface area contributed by atoms with E-state index < -0.39 is 26.5 Å². The van der Waals surface area contributed by atoms with Gasteiger partial charge in [0.1, 0.15) is 19.8 Å².